The van der Waals surface area contributed by atoms with Gasteiger partial charge < -0.3 is 24.2 Å². The van der Waals surface area contributed by atoms with Crippen molar-refractivity contribution in [2.45, 2.75) is 19.3 Å². The number of ether oxygens (including phenoxy) is 3. The number of hydrogen-bond donors (Lipinski definition) is 2. The van der Waals surface area contributed by atoms with Gasteiger partial charge in [0.05, 0.1) is 25.1 Å². The first-order valence-electron chi connectivity index (χ1n) is 7.69. The fourth-order valence-corrected chi connectivity index (χ4v) is 3.41. The minimum absolute atomic E-state index is 0.276. The molecule has 5 nitrogen and oxygen atoms in total. The number of quaternary nitrogens is 1. The van der Waals surface area contributed by atoms with Crippen molar-refractivity contribution in [1.82, 2.24) is 0 Å². The maximum absolute atomic E-state index is 10.1. The van der Waals surface area contributed by atoms with Crippen LogP contribution in [0.5, 0.6) is 11.5 Å². The molecule has 0 saturated heterocycles. The van der Waals surface area contributed by atoms with E-state index in [0.717, 1.165) is 23.6 Å². The van der Waals surface area contributed by atoms with Crippen molar-refractivity contribution >= 4 is 11.3 Å². The first-order valence-corrected chi connectivity index (χ1v) is 8.56. The van der Waals surface area contributed by atoms with E-state index < -0.39 is 6.10 Å². The van der Waals surface area contributed by atoms with Gasteiger partial charge in [-0.05, 0) is 29.1 Å². The number of rotatable bonds is 8. The predicted molar refractivity (Wildman–Crippen MR) is 88.0 cm³/mol. The molecule has 1 aromatic carbocycles. The monoisotopic (exact) mass is 336 g/mol. The van der Waals surface area contributed by atoms with Gasteiger partial charge in [-0.1, -0.05) is 12.1 Å². The van der Waals surface area contributed by atoms with E-state index in [-0.39, 0.29) is 6.79 Å². The number of aliphatic hydroxyl groups is 1. The van der Waals surface area contributed by atoms with Crippen molar-refractivity contribution < 1.29 is 24.2 Å². The van der Waals surface area contributed by atoms with Crippen LogP contribution in [0.3, 0.4) is 0 Å². The van der Waals surface area contributed by atoms with E-state index in [1.165, 1.54) is 9.78 Å². The van der Waals surface area contributed by atoms with Gasteiger partial charge in [-0.25, -0.2) is 0 Å². The third-order valence-corrected chi connectivity index (χ3v) is 4.53. The van der Waals surface area contributed by atoms with Crippen molar-refractivity contribution in [3.63, 3.8) is 0 Å². The van der Waals surface area contributed by atoms with Crippen LogP contribution in [0, 0.1) is 0 Å². The summed E-state index contributed by atoms with van der Waals surface area (Å²) in [5.41, 5.74) is 1.01. The highest BCUT2D eigenvalue weighted by Crippen LogP contribution is 2.32. The van der Waals surface area contributed by atoms with Crippen LogP contribution in [-0.4, -0.2) is 38.2 Å². The Balaban J connectivity index is 1.38. The Hall–Kier alpha value is -1.60. The van der Waals surface area contributed by atoms with E-state index in [4.69, 9.17) is 14.2 Å². The Kier molecular flexibility index (Phi) is 5.51. The summed E-state index contributed by atoms with van der Waals surface area (Å²) >= 11 is 1.75. The van der Waals surface area contributed by atoms with Gasteiger partial charge in [0.15, 0.2) is 11.5 Å². The molecule has 0 fully saturated rings. The van der Waals surface area contributed by atoms with Gasteiger partial charge in [-0.15, -0.1) is 11.3 Å². The highest BCUT2D eigenvalue weighted by molar-refractivity contribution is 7.09. The minimum atomic E-state index is -0.469. The first kappa shape index (κ1) is 16.3. The molecule has 23 heavy (non-hydrogen) atoms. The van der Waals surface area contributed by atoms with Crippen LogP contribution in [-0.2, 0) is 17.9 Å². The summed E-state index contributed by atoms with van der Waals surface area (Å²) in [6.45, 7) is 2.65. The molecule has 3 rings (SSSR count). The van der Waals surface area contributed by atoms with Crippen molar-refractivity contribution in [2.24, 2.45) is 0 Å². The molecule has 0 spiro atoms. The predicted octanol–water partition coefficient (Wildman–Crippen LogP) is 1.07. The lowest BCUT2D eigenvalue weighted by Gasteiger charge is -2.17. The van der Waals surface area contributed by atoms with Gasteiger partial charge in [-0.3, -0.25) is 0 Å². The van der Waals surface area contributed by atoms with Crippen LogP contribution in [0.4, 0.5) is 0 Å². The van der Waals surface area contributed by atoms with Gasteiger partial charge in [-0.2, -0.15) is 0 Å². The lowest BCUT2D eigenvalue weighted by atomic mass is 10.2. The first-order chi connectivity index (χ1) is 11.2. The van der Waals surface area contributed by atoms with Gasteiger partial charge in [0.1, 0.15) is 19.2 Å². The average molecular weight is 336 g/mol. The van der Waals surface area contributed by atoms with Gasteiger partial charge >= 0.3 is 0 Å². The van der Waals surface area contributed by atoms with Crippen molar-refractivity contribution in [1.29, 1.82) is 0 Å². The second-order valence-corrected chi connectivity index (χ2v) is 6.81. The zero-order chi connectivity index (χ0) is 16.1. The fourth-order valence-electron chi connectivity index (χ4n) is 2.59. The Morgan fingerprint density at radius 2 is 2.17 bits per heavy atom. The topological polar surface area (TPSA) is 52.4 Å². The largest absolute Gasteiger partial charge is 0.454 e. The molecule has 1 aliphatic heterocycles. The van der Waals surface area contributed by atoms with Crippen LogP contribution in [0.2, 0.25) is 0 Å². The number of fused-ring (bicyclic) bond motifs is 1. The molecule has 2 aromatic rings. The summed E-state index contributed by atoms with van der Waals surface area (Å²) in [5, 5.41) is 12.2. The molecule has 0 bridgehead atoms. The summed E-state index contributed by atoms with van der Waals surface area (Å²) in [6, 6.07) is 9.93. The van der Waals surface area contributed by atoms with Gasteiger partial charge in [0, 0.05) is 0 Å². The van der Waals surface area contributed by atoms with Crippen LogP contribution < -0.4 is 14.4 Å². The SMILES string of the molecule is C[NH+](Cc1cccs1)C[C@H](O)COCc1ccc2c(c1)OCO2. The second-order valence-electron chi connectivity index (χ2n) is 5.77. The molecule has 1 aliphatic rings. The number of benzene rings is 1. The Morgan fingerprint density at radius 3 is 3.00 bits per heavy atom. The molecule has 1 unspecified atom stereocenters. The van der Waals surface area contributed by atoms with Crippen molar-refractivity contribution in [3.8, 4) is 11.5 Å². The van der Waals surface area contributed by atoms with Crippen LogP contribution in [0.25, 0.3) is 0 Å². The zero-order valence-corrected chi connectivity index (χ0v) is 14.0. The molecular weight excluding hydrogens is 314 g/mol. The zero-order valence-electron chi connectivity index (χ0n) is 13.2. The Labute approximate surface area is 140 Å². The second kappa shape index (κ2) is 7.79. The normalized spacial score (nSPS) is 15.6. The molecular formula is C17H22NO4S+. The van der Waals surface area contributed by atoms with Crippen LogP contribution in [0.15, 0.2) is 35.7 Å². The third-order valence-electron chi connectivity index (χ3n) is 3.66. The Bertz CT molecular complexity index is 617. The lowest BCUT2D eigenvalue weighted by molar-refractivity contribution is -0.896. The molecule has 124 valence electrons. The van der Waals surface area contributed by atoms with Crippen LogP contribution >= 0.6 is 11.3 Å². The number of thiophene rings is 1. The molecule has 0 aliphatic carbocycles. The summed E-state index contributed by atoms with van der Waals surface area (Å²) in [4.78, 5) is 2.60. The van der Waals surface area contributed by atoms with E-state index in [1.807, 2.05) is 18.2 Å². The highest BCUT2D eigenvalue weighted by Gasteiger charge is 2.15. The number of aliphatic hydroxyl groups excluding tert-OH is 1. The summed E-state index contributed by atoms with van der Waals surface area (Å²) in [7, 11) is 2.08. The summed E-state index contributed by atoms with van der Waals surface area (Å²) < 4.78 is 16.2. The Morgan fingerprint density at radius 1 is 1.30 bits per heavy atom. The van der Waals surface area contributed by atoms with E-state index in [2.05, 4.69) is 24.6 Å². The highest BCUT2D eigenvalue weighted by atomic mass is 32.1. The maximum atomic E-state index is 10.1. The molecule has 0 saturated carbocycles. The van der Waals surface area contributed by atoms with Crippen LogP contribution in [0.1, 0.15) is 10.4 Å². The van der Waals surface area contributed by atoms with E-state index in [9.17, 15) is 5.11 Å². The quantitative estimate of drug-likeness (QED) is 0.757. The van der Waals surface area contributed by atoms with Gasteiger partial charge in [0.2, 0.25) is 6.79 Å². The molecule has 0 radical (unpaired) electrons. The molecule has 6 heteroatoms. The summed E-state index contributed by atoms with van der Waals surface area (Å²) in [6.07, 6.45) is -0.469. The smallest absolute Gasteiger partial charge is 0.231 e. The van der Waals surface area contributed by atoms with E-state index in [0.29, 0.717) is 19.8 Å². The standard InChI is InChI=1S/C17H21NO4S/c1-18(9-15-3-2-6-23-15)8-14(19)11-20-10-13-4-5-16-17(7-13)22-12-21-16/h2-7,14,19H,8-12H2,1H3/p+1/t14-/m0/s1. The molecule has 2 N–H and O–H groups in total. The number of likely N-dealkylation sites (N-methyl/N-ethyl adjacent to an activating group) is 1. The van der Waals surface area contributed by atoms with Crippen molar-refractivity contribution in [3.05, 3.63) is 46.2 Å². The summed E-state index contributed by atoms with van der Waals surface area (Å²) in [5.74, 6) is 1.53. The average Bonchev–Trinajstić information content (AvgIpc) is 3.17. The fraction of sp³-hybridized carbons (Fsp3) is 0.412. The third kappa shape index (κ3) is 4.68. The minimum Gasteiger partial charge on any atom is -0.454 e. The van der Waals surface area contributed by atoms with Crippen molar-refractivity contribution in [2.75, 3.05) is 27.0 Å². The number of hydrogen-bond acceptors (Lipinski definition) is 5. The van der Waals surface area contributed by atoms with E-state index in [1.54, 1.807) is 11.3 Å². The van der Waals surface area contributed by atoms with Gasteiger partial charge in [0.25, 0.3) is 0 Å². The van der Waals surface area contributed by atoms with E-state index >= 15 is 0 Å². The molecule has 1 aromatic heterocycles. The lowest BCUT2D eigenvalue weighted by Crippen LogP contribution is -3.08. The number of nitrogens with one attached hydrogen (secondary N) is 1. The molecule has 2 heterocycles. The maximum Gasteiger partial charge on any atom is 0.231 e. The molecule has 2 atom stereocenters. The molecule has 0 amide bonds.